The number of hydrogen-bond acceptors (Lipinski definition) is 9. The monoisotopic (exact) mass is 419 g/mol. The molecule has 0 amide bonds. The first-order chi connectivity index (χ1) is 15.0. The fraction of sp³-hybridized carbons (Fsp3) is 0.318. The topological polar surface area (TPSA) is 131 Å². The first kappa shape index (κ1) is 19.7. The van der Waals surface area contributed by atoms with Crippen LogP contribution in [-0.4, -0.2) is 63.4 Å². The highest BCUT2D eigenvalue weighted by Gasteiger charge is 2.25. The van der Waals surface area contributed by atoms with E-state index in [-0.39, 0.29) is 12.1 Å². The smallest absolute Gasteiger partial charge is 0.292 e. The predicted octanol–water partition coefficient (Wildman–Crippen LogP) is 1.81. The first-order valence-corrected chi connectivity index (χ1v) is 10.3. The van der Waals surface area contributed by atoms with Gasteiger partial charge in [0.2, 0.25) is 0 Å². The summed E-state index contributed by atoms with van der Waals surface area (Å²) in [6.07, 6.45) is 1.19. The zero-order valence-electron chi connectivity index (χ0n) is 17.3. The van der Waals surface area contributed by atoms with Gasteiger partial charge in [0, 0.05) is 32.2 Å². The van der Waals surface area contributed by atoms with Crippen LogP contribution < -0.4 is 16.4 Å². The largest absolute Gasteiger partial charge is 0.424 e. The SMILES string of the molecule is C[C@H](N)C(O)N1CCN(c2cnc3ccc(-c4ccc5oc(N)nc5c4)cc3n2)CC1. The molecule has 0 bridgehead atoms. The van der Waals surface area contributed by atoms with Crippen molar-refractivity contribution in [1.29, 1.82) is 0 Å². The van der Waals surface area contributed by atoms with E-state index in [2.05, 4.69) is 14.9 Å². The summed E-state index contributed by atoms with van der Waals surface area (Å²) in [5, 5.41) is 10.2. The van der Waals surface area contributed by atoms with Gasteiger partial charge >= 0.3 is 0 Å². The summed E-state index contributed by atoms with van der Waals surface area (Å²) in [4.78, 5) is 17.9. The van der Waals surface area contributed by atoms with Gasteiger partial charge in [-0.05, 0) is 42.3 Å². The maximum absolute atomic E-state index is 10.2. The van der Waals surface area contributed by atoms with Gasteiger partial charge in [-0.2, -0.15) is 4.98 Å². The normalized spacial score (nSPS) is 17.3. The summed E-state index contributed by atoms with van der Waals surface area (Å²) in [7, 11) is 0. The van der Waals surface area contributed by atoms with E-state index in [0.29, 0.717) is 5.58 Å². The average Bonchev–Trinajstić information content (AvgIpc) is 3.17. The zero-order chi connectivity index (χ0) is 21.5. The van der Waals surface area contributed by atoms with Gasteiger partial charge in [0.1, 0.15) is 17.6 Å². The summed E-state index contributed by atoms with van der Waals surface area (Å²) < 4.78 is 5.36. The van der Waals surface area contributed by atoms with Crippen LogP contribution in [-0.2, 0) is 0 Å². The number of nitrogens with two attached hydrogens (primary N) is 2. The Labute approximate surface area is 179 Å². The second-order valence-electron chi connectivity index (χ2n) is 7.96. The maximum atomic E-state index is 10.2. The van der Waals surface area contributed by atoms with Gasteiger partial charge in [0.25, 0.3) is 6.01 Å². The van der Waals surface area contributed by atoms with Crippen LogP contribution in [0.5, 0.6) is 0 Å². The fourth-order valence-corrected chi connectivity index (χ4v) is 4.01. The Morgan fingerprint density at radius 2 is 1.68 bits per heavy atom. The molecule has 1 fully saturated rings. The Morgan fingerprint density at radius 3 is 2.42 bits per heavy atom. The van der Waals surface area contributed by atoms with E-state index in [1.165, 1.54) is 0 Å². The summed E-state index contributed by atoms with van der Waals surface area (Å²) in [5.41, 5.74) is 16.6. The number of benzene rings is 2. The van der Waals surface area contributed by atoms with Crippen molar-refractivity contribution in [2.45, 2.75) is 19.2 Å². The molecule has 2 aromatic heterocycles. The third kappa shape index (κ3) is 3.78. The third-order valence-corrected chi connectivity index (χ3v) is 5.75. The first-order valence-electron chi connectivity index (χ1n) is 10.3. The van der Waals surface area contributed by atoms with E-state index >= 15 is 0 Å². The number of hydrogen-bond donors (Lipinski definition) is 3. The van der Waals surface area contributed by atoms with Gasteiger partial charge < -0.3 is 25.9 Å². The lowest BCUT2D eigenvalue weighted by Crippen LogP contribution is -2.55. The number of aromatic nitrogens is 3. The Kier molecular flexibility index (Phi) is 4.93. The molecule has 4 aromatic rings. The molecule has 2 atom stereocenters. The molecule has 0 radical (unpaired) electrons. The minimum Gasteiger partial charge on any atom is -0.424 e. The highest BCUT2D eigenvalue weighted by molar-refractivity contribution is 5.86. The summed E-state index contributed by atoms with van der Waals surface area (Å²) in [6.45, 7) is 4.78. The van der Waals surface area contributed by atoms with Crippen LogP contribution >= 0.6 is 0 Å². The van der Waals surface area contributed by atoms with Gasteiger partial charge in [-0.25, -0.2) is 4.98 Å². The van der Waals surface area contributed by atoms with Crippen molar-refractivity contribution in [3.05, 3.63) is 42.6 Å². The van der Waals surface area contributed by atoms with Gasteiger partial charge in [-0.3, -0.25) is 9.88 Å². The van der Waals surface area contributed by atoms with Crippen LogP contribution in [0.3, 0.4) is 0 Å². The van der Waals surface area contributed by atoms with E-state index < -0.39 is 6.23 Å². The standard InChI is InChI=1S/C22H25N7O2/c1-13(23)21(30)29-8-6-28(7-9-29)20-12-25-16-4-2-14(10-17(16)26-20)15-3-5-19-18(11-15)27-22(24)31-19/h2-5,10-13,21,30H,6-9,23H2,1H3,(H2,24,27)/t13-,21?/m0/s1. The Hall–Kier alpha value is -3.27. The molecule has 1 aliphatic rings. The molecule has 9 heteroatoms. The predicted molar refractivity (Wildman–Crippen MR) is 120 cm³/mol. The Balaban J connectivity index is 1.40. The lowest BCUT2D eigenvalue weighted by molar-refractivity contribution is -0.0140. The molecular weight excluding hydrogens is 394 g/mol. The highest BCUT2D eigenvalue weighted by Crippen LogP contribution is 2.28. The second kappa shape index (κ2) is 7.77. The second-order valence-corrected chi connectivity index (χ2v) is 7.96. The van der Waals surface area contributed by atoms with E-state index in [1.807, 2.05) is 54.4 Å². The molecule has 5 rings (SSSR count). The lowest BCUT2D eigenvalue weighted by Gasteiger charge is -2.38. The van der Waals surface area contributed by atoms with Crippen molar-refractivity contribution in [3.63, 3.8) is 0 Å². The highest BCUT2D eigenvalue weighted by atomic mass is 16.4. The zero-order valence-corrected chi connectivity index (χ0v) is 17.3. The van der Waals surface area contributed by atoms with Gasteiger partial charge in [-0.15, -0.1) is 0 Å². The number of nitrogens with zero attached hydrogens (tertiary/aromatic N) is 5. The molecule has 9 nitrogen and oxygen atoms in total. The minimum absolute atomic E-state index is 0.162. The molecule has 1 unspecified atom stereocenters. The van der Waals surface area contributed by atoms with Crippen LogP contribution in [0, 0.1) is 0 Å². The van der Waals surface area contributed by atoms with Crippen molar-refractivity contribution in [3.8, 4) is 11.1 Å². The van der Waals surface area contributed by atoms with Crippen molar-refractivity contribution in [2.24, 2.45) is 5.73 Å². The quantitative estimate of drug-likeness (QED) is 0.453. The number of aliphatic hydroxyl groups excluding tert-OH is 1. The molecule has 0 aliphatic carbocycles. The van der Waals surface area contributed by atoms with Gasteiger partial charge in [-0.1, -0.05) is 12.1 Å². The van der Waals surface area contributed by atoms with E-state index in [4.69, 9.17) is 20.9 Å². The van der Waals surface area contributed by atoms with Crippen LogP contribution in [0.25, 0.3) is 33.3 Å². The molecule has 31 heavy (non-hydrogen) atoms. The molecule has 160 valence electrons. The van der Waals surface area contributed by atoms with Crippen LogP contribution in [0.15, 0.2) is 47.0 Å². The molecule has 0 saturated carbocycles. The lowest BCUT2D eigenvalue weighted by atomic mass is 10.0. The number of piperazine rings is 1. The van der Waals surface area contributed by atoms with Crippen LogP contribution in [0.1, 0.15) is 6.92 Å². The molecule has 0 spiro atoms. The Morgan fingerprint density at radius 1 is 0.968 bits per heavy atom. The average molecular weight is 419 g/mol. The van der Waals surface area contributed by atoms with Gasteiger partial charge in [0.15, 0.2) is 5.58 Å². The van der Waals surface area contributed by atoms with E-state index in [1.54, 1.807) is 0 Å². The summed E-state index contributed by atoms with van der Waals surface area (Å²) in [6, 6.07) is 11.7. The number of anilines is 2. The van der Waals surface area contributed by atoms with Crippen molar-refractivity contribution in [1.82, 2.24) is 19.9 Å². The fourth-order valence-electron chi connectivity index (χ4n) is 4.01. The molecule has 5 N–H and O–H groups in total. The summed E-state index contributed by atoms with van der Waals surface area (Å²) in [5.74, 6) is 0.833. The molecular formula is C22H25N7O2. The van der Waals surface area contributed by atoms with E-state index in [9.17, 15) is 5.11 Å². The molecule has 3 heterocycles. The third-order valence-electron chi connectivity index (χ3n) is 5.75. The molecule has 1 saturated heterocycles. The number of fused-ring (bicyclic) bond motifs is 2. The van der Waals surface area contributed by atoms with Crippen molar-refractivity contribution >= 4 is 34.0 Å². The maximum Gasteiger partial charge on any atom is 0.292 e. The molecule has 2 aromatic carbocycles. The molecule has 1 aliphatic heterocycles. The number of nitrogen functional groups attached to an aromatic ring is 1. The number of aliphatic hydroxyl groups is 1. The van der Waals surface area contributed by atoms with E-state index in [0.717, 1.165) is 59.7 Å². The number of oxazole rings is 1. The Bertz CT molecular complexity index is 1230. The van der Waals surface area contributed by atoms with Gasteiger partial charge in [0.05, 0.1) is 17.2 Å². The van der Waals surface area contributed by atoms with Crippen LogP contribution in [0.4, 0.5) is 11.8 Å². The van der Waals surface area contributed by atoms with Crippen molar-refractivity contribution < 1.29 is 9.52 Å². The summed E-state index contributed by atoms with van der Waals surface area (Å²) >= 11 is 0. The minimum atomic E-state index is -0.621. The van der Waals surface area contributed by atoms with Crippen molar-refractivity contribution in [2.75, 3.05) is 36.8 Å². The number of rotatable bonds is 4. The van der Waals surface area contributed by atoms with Crippen LogP contribution in [0.2, 0.25) is 0 Å².